The van der Waals surface area contributed by atoms with Crippen LogP contribution >= 0.6 is 0 Å². The van der Waals surface area contributed by atoms with Crippen LogP contribution in [0.3, 0.4) is 0 Å². The van der Waals surface area contributed by atoms with Crippen molar-refractivity contribution >= 4 is 21.6 Å². The maximum Gasteiger partial charge on any atom is 0.261 e. The van der Waals surface area contributed by atoms with E-state index in [-0.39, 0.29) is 16.5 Å². The zero-order chi connectivity index (χ0) is 22.4. The van der Waals surface area contributed by atoms with Crippen LogP contribution in [0.2, 0.25) is 0 Å². The zero-order valence-corrected chi connectivity index (χ0v) is 18.8. The minimum absolute atomic E-state index is 0.169. The van der Waals surface area contributed by atoms with Crippen molar-refractivity contribution in [3.8, 4) is 0 Å². The molecule has 2 aromatic carbocycles. The lowest BCUT2D eigenvalue weighted by Crippen LogP contribution is -2.39. The second kappa shape index (κ2) is 10.2. The van der Waals surface area contributed by atoms with Crippen molar-refractivity contribution in [3.63, 3.8) is 0 Å². The summed E-state index contributed by atoms with van der Waals surface area (Å²) < 4.78 is 41.3. The Kier molecular flexibility index (Phi) is 7.67. The smallest absolute Gasteiger partial charge is 0.261 e. The van der Waals surface area contributed by atoms with E-state index in [2.05, 4.69) is 21.9 Å². The highest BCUT2D eigenvalue weighted by Gasteiger charge is 2.18. The highest BCUT2D eigenvalue weighted by Crippen LogP contribution is 2.20. The van der Waals surface area contributed by atoms with Crippen LogP contribution in [0.1, 0.15) is 48.5 Å². The summed E-state index contributed by atoms with van der Waals surface area (Å²) in [5, 5.41) is 2.90. The number of aryl methyl sites for hydroxylation is 1. The molecule has 2 aromatic rings. The molecule has 1 saturated heterocycles. The zero-order valence-electron chi connectivity index (χ0n) is 18.0. The molecule has 0 bridgehead atoms. The topological polar surface area (TPSA) is 78.5 Å². The number of anilines is 1. The van der Waals surface area contributed by atoms with Crippen molar-refractivity contribution in [2.45, 2.75) is 50.5 Å². The average Bonchev–Trinajstić information content (AvgIpc) is 2.74. The molecule has 0 radical (unpaired) electrons. The molecular formula is C23H30FN3O3S. The fraction of sp³-hybridized carbons (Fsp3) is 0.435. The number of sulfonamides is 1. The number of nitrogens with one attached hydrogen (secondary N) is 2. The van der Waals surface area contributed by atoms with E-state index in [1.54, 1.807) is 25.1 Å². The third-order valence-corrected chi connectivity index (χ3v) is 7.06. The van der Waals surface area contributed by atoms with E-state index < -0.39 is 15.8 Å². The van der Waals surface area contributed by atoms with E-state index in [9.17, 15) is 17.6 Å². The molecule has 2 N–H and O–H groups in total. The molecular weight excluding hydrogens is 417 g/mol. The van der Waals surface area contributed by atoms with E-state index in [0.29, 0.717) is 23.7 Å². The van der Waals surface area contributed by atoms with Crippen molar-refractivity contribution in [1.29, 1.82) is 0 Å². The van der Waals surface area contributed by atoms with E-state index >= 15 is 0 Å². The predicted octanol–water partition coefficient (Wildman–Crippen LogP) is 3.93. The van der Waals surface area contributed by atoms with Crippen LogP contribution in [0.15, 0.2) is 47.4 Å². The van der Waals surface area contributed by atoms with Crippen molar-refractivity contribution in [3.05, 3.63) is 59.4 Å². The maximum absolute atomic E-state index is 13.8. The van der Waals surface area contributed by atoms with E-state index in [0.717, 1.165) is 25.6 Å². The summed E-state index contributed by atoms with van der Waals surface area (Å²) in [5.41, 5.74) is 0.977. The molecule has 1 atom stereocenters. The van der Waals surface area contributed by atoms with Gasteiger partial charge in [-0.25, -0.2) is 12.8 Å². The Morgan fingerprint density at radius 2 is 2.00 bits per heavy atom. The largest absolute Gasteiger partial charge is 0.352 e. The summed E-state index contributed by atoms with van der Waals surface area (Å²) in [6.45, 7) is 6.43. The third kappa shape index (κ3) is 6.27. The molecule has 1 aliphatic heterocycles. The third-order valence-electron chi connectivity index (χ3n) is 5.68. The molecule has 1 fully saturated rings. The second-order valence-electron chi connectivity index (χ2n) is 8.09. The number of piperidine rings is 1. The molecule has 0 aromatic heterocycles. The van der Waals surface area contributed by atoms with Gasteiger partial charge in [-0.15, -0.1) is 0 Å². The van der Waals surface area contributed by atoms with Gasteiger partial charge in [0.25, 0.3) is 15.9 Å². The summed E-state index contributed by atoms with van der Waals surface area (Å²) in [6.07, 6.45) is 4.60. The van der Waals surface area contributed by atoms with Crippen LogP contribution in [0.25, 0.3) is 0 Å². The van der Waals surface area contributed by atoms with E-state index in [4.69, 9.17) is 0 Å². The van der Waals surface area contributed by atoms with Crippen molar-refractivity contribution < 1.29 is 17.6 Å². The van der Waals surface area contributed by atoms with Gasteiger partial charge >= 0.3 is 0 Å². The standard InChI is InChI=1S/C23H30FN3O3S/c1-17-10-11-21(16-22(17)24)31(29,30)26-20-9-5-8-19(15-20)23(28)25-12-6-14-27-13-4-3-7-18(27)2/h5,8-11,15-16,18,26H,3-4,6-7,12-14H2,1-2H3,(H,25,28). The van der Waals surface area contributed by atoms with Gasteiger partial charge < -0.3 is 10.2 Å². The quantitative estimate of drug-likeness (QED) is 0.601. The van der Waals surface area contributed by atoms with Crippen molar-refractivity contribution in [1.82, 2.24) is 10.2 Å². The number of carbonyl (C=O) groups excluding carboxylic acids is 1. The molecule has 1 amide bonds. The number of hydrogen-bond acceptors (Lipinski definition) is 4. The van der Waals surface area contributed by atoms with Gasteiger partial charge in [0.2, 0.25) is 0 Å². The number of amides is 1. The van der Waals surface area contributed by atoms with Crippen LogP contribution in [-0.4, -0.2) is 44.9 Å². The minimum Gasteiger partial charge on any atom is -0.352 e. The normalized spacial score (nSPS) is 17.3. The van der Waals surface area contributed by atoms with Gasteiger partial charge in [0.05, 0.1) is 4.90 Å². The molecule has 3 rings (SSSR count). The summed E-state index contributed by atoms with van der Waals surface area (Å²) >= 11 is 0. The first-order chi connectivity index (χ1) is 14.8. The van der Waals surface area contributed by atoms with Gasteiger partial charge in [0.1, 0.15) is 5.82 Å². The molecule has 0 spiro atoms. The van der Waals surface area contributed by atoms with E-state index in [1.165, 1.54) is 37.5 Å². The number of hydrogen-bond donors (Lipinski definition) is 2. The summed E-state index contributed by atoms with van der Waals surface area (Å²) in [6, 6.07) is 10.6. The molecule has 6 nitrogen and oxygen atoms in total. The van der Waals surface area contributed by atoms with Crippen LogP contribution in [0, 0.1) is 12.7 Å². The summed E-state index contributed by atoms with van der Waals surface area (Å²) in [4.78, 5) is 14.8. The molecule has 1 aliphatic rings. The first-order valence-corrected chi connectivity index (χ1v) is 12.2. The number of halogens is 1. The molecule has 1 unspecified atom stereocenters. The number of nitrogens with zero attached hydrogens (tertiary/aromatic N) is 1. The van der Waals surface area contributed by atoms with Gasteiger partial charge in [0.15, 0.2) is 0 Å². The molecule has 0 saturated carbocycles. The van der Waals surface area contributed by atoms with Crippen molar-refractivity contribution in [2.75, 3.05) is 24.4 Å². The number of rotatable bonds is 8. The Hall–Kier alpha value is -2.45. The molecule has 168 valence electrons. The van der Waals surface area contributed by atoms with Crippen LogP contribution in [0.5, 0.6) is 0 Å². The monoisotopic (exact) mass is 447 g/mol. The number of benzene rings is 2. The van der Waals surface area contributed by atoms with Crippen LogP contribution in [-0.2, 0) is 10.0 Å². The fourth-order valence-electron chi connectivity index (χ4n) is 3.75. The highest BCUT2D eigenvalue weighted by atomic mass is 32.2. The summed E-state index contributed by atoms with van der Waals surface area (Å²) in [5.74, 6) is -0.843. The van der Waals surface area contributed by atoms with E-state index in [1.807, 2.05) is 0 Å². The van der Waals surface area contributed by atoms with Gasteiger partial charge in [-0.2, -0.15) is 0 Å². The number of likely N-dealkylation sites (tertiary alicyclic amines) is 1. The molecule has 1 heterocycles. The lowest BCUT2D eigenvalue weighted by atomic mass is 10.0. The first kappa shape index (κ1) is 23.2. The second-order valence-corrected chi connectivity index (χ2v) is 9.77. The maximum atomic E-state index is 13.8. The SMILES string of the molecule is Cc1ccc(S(=O)(=O)Nc2cccc(C(=O)NCCCN3CCCCC3C)c2)cc1F. The Morgan fingerprint density at radius 1 is 1.19 bits per heavy atom. The Bertz CT molecular complexity index is 1030. The van der Waals surface area contributed by atoms with Crippen LogP contribution in [0.4, 0.5) is 10.1 Å². The van der Waals surface area contributed by atoms with Gasteiger partial charge in [-0.1, -0.05) is 18.6 Å². The highest BCUT2D eigenvalue weighted by molar-refractivity contribution is 7.92. The predicted molar refractivity (Wildman–Crippen MR) is 120 cm³/mol. The van der Waals surface area contributed by atoms with Crippen LogP contribution < -0.4 is 10.0 Å². The van der Waals surface area contributed by atoms with Gasteiger partial charge in [0, 0.05) is 30.4 Å². The minimum atomic E-state index is -3.96. The average molecular weight is 448 g/mol. The molecule has 0 aliphatic carbocycles. The summed E-state index contributed by atoms with van der Waals surface area (Å²) in [7, 11) is -3.96. The Labute approximate surface area is 183 Å². The molecule has 8 heteroatoms. The Morgan fingerprint density at radius 3 is 2.74 bits per heavy atom. The van der Waals surface area contributed by atoms with Gasteiger partial charge in [-0.3, -0.25) is 9.52 Å². The molecule has 31 heavy (non-hydrogen) atoms. The lowest BCUT2D eigenvalue weighted by molar-refractivity contribution is 0.0949. The Balaban J connectivity index is 1.56. The first-order valence-electron chi connectivity index (χ1n) is 10.7. The van der Waals surface area contributed by atoms with Gasteiger partial charge in [-0.05, 0) is 75.5 Å². The fourth-order valence-corrected chi connectivity index (χ4v) is 4.82. The lowest BCUT2D eigenvalue weighted by Gasteiger charge is -2.33. The van der Waals surface area contributed by atoms with Crippen molar-refractivity contribution in [2.24, 2.45) is 0 Å². The number of carbonyl (C=O) groups is 1.